The number of aliphatic hydroxyl groups excluding tert-OH is 1. The summed E-state index contributed by atoms with van der Waals surface area (Å²) in [6.45, 7) is 1.69. The Morgan fingerprint density at radius 3 is 2.92 bits per heavy atom. The highest BCUT2D eigenvalue weighted by molar-refractivity contribution is 7.99. The van der Waals surface area contributed by atoms with Crippen LogP contribution in [0.1, 0.15) is 6.92 Å². The van der Waals surface area contributed by atoms with Crippen molar-refractivity contribution in [3.8, 4) is 0 Å². The molecule has 0 unspecified atom stereocenters. The van der Waals surface area contributed by atoms with Crippen LogP contribution in [-0.4, -0.2) is 31.7 Å². The van der Waals surface area contributed by atoms with E-state index in [2.05, 4.69) is 10.2 Å². The minimum Gasteiger partial charge on any atom is -0.393 e. The second-order valence-corrected chi connectivity index (χ2v) is 3.52. The maximum atomic E-state index is 10.9. The average Bonchev–Trinajstić information content (AvgIpc) is 2.30. The van der Waals surface area contributed by atoms with Gasteiger partial charge in [-0.3, -0.25) is 4.57 Å². The Bertz CT molecular complexity index is 304. The number of H-pyrrole nitrogens is 1. The van der Waals surface area contributed by atoms with Crippen LogP contribution in [0.25, 0.3) is 0 Å². The number of thioether (sulfide) groups is 1. The molecule has 1 aromatic rings. The van der Waals surface area contributed by atoms with Gasteiger partial charge in [0.2, 0.25) is 0 Å². The highest BCUT2D eigenvalue weighted by Gasteiger charge is 2.05. The summed E-state index contributed by atoms with van der Waals surface area (Å²) < 4.78 is 1.41. The fraction of sp³-hybridized carbons (Fsp3) is 0.667. The smallest absolute Gasteiger partial charge is 0.343 e. The maximum Gasteiger partial charge on any atom is 0.343 e. The molecule has 0 bridgehead atoms. The third kappa shape index (κ3) is 2.12. The Morgan fingerprint density at radius 1 is 1.83 bits per heavy atom. The summed E-state index contributed by atoms with van der Waals surface area (Å²) >= 11 is 1.35. The van der Waals surface area contributed by atoms with Crippen LogP contribution in [0.2, 0.25) is 0 Å². The van der Waals surface area contributed by atoms with Crippen molar-refractivity contribution in [2.75, 3.05) is 5.75 Å². The van der Waals surface area contributed by atoms with Crippen LogP contribution >= 0.6 is 11.8 Å². The van der Waals surface area contributed by atoms with E-state index in [4.69, 9.17) is 5.11 Å². The van der Waals surface area contributed by atoms with Crippen molar-refractivity contribution in [2.24, 2.45) is 7.05 Å². The lowest BCUT2D eigenvalue weighted by atomic mass is 10.5. The van der Waals surface area contributed by atoms with Gasteiger partial charge in [0.25, 0.3) is 0 Å². The molecule has 5 nitrogen and oxygen atoms in total. The normalized spacial score (nSPS) is 13.2. The van der Waals surface area contributed by atoms with Crippen LogP contribution < -0.4 is 5.69 Å². The fourth-order valence-electron chi connectivity index (χ4n) is 0.657. The van der Waals surface area contributed by atoms with Crippen LogP contribution in [0.3, 0.4) is 0 Å². The summed E-state index contributed by atoms with van der Waals surface area (Å²) in [6, 6.07) is 0. The van der Waals surface area contributed by atoms with Crippen molar-refractivity contribution in [1.82, 2.24) is 14.8 Å². The topological polar surface area (TPSA) is 70.9 Å². The van der Waals surface area contributed by atoms with Gasteiger partial charge in [0.15, 0.2) is 5.16 Å². The van der Waals surface area contributed by atoms with E-state index in [0.717, 1.165) is 0 Å². The molecule has 12 heavy (non-hydrogen) atoms. The van der Waals surface area contributed by atoms with Crippen LogP contribution in [-0.2, 0) is 7.05 Å². The predicted octanol–water partition coefficient (Wildman–Crippen LogP) is -0.419. The summed E-state index contributed by atoms with van der Waals surface area (Å²) in [5.41, 5.74) is -0.233. The number of hydrogen-bond donors (Lipinski definition) is 2. The van der Waals surface area contributed by atoms with Gasteiger partial charge < -0.3 is 5.11 Å². The highest BCUT2D eigenvalue weighted by Crippen LogP contribution is 2.12. The van der Waals surface area contributed by atoms with E-state index in [9.17, 15) is 4.79 Å². The summed E-state index contributed by atoms with van der Waals surface area (Å²) in [7, 11) is 1.64. The van der Waals surface area contributed by atoms with Crippen LogP contribution in [0.4, 0.5) is 0 Å². The van der Waals surface area contributed by atoms with Crippen molar-refractivity contribution in [3.63, 3.8) is 0 Å². The molecule has 1 rings (SSSR count). The third-order valence-electron chi connectivity index (χ3n) is 1.29. The average molecular weight is 189 g/mol. The summed E-state index contributed by atoms with van der Waals surface area (Å²) in [4.78, 5) is 10.9. The maximum absolute atomic E-state index is 10.9. The lowest BCUT2D eigenvalue weighted by Gasteiger charge is -2.01. The highest BCUT2D eigenvalue weighted by atomic mass is 32.2. The molecule has 0 amide bonds. The molecule has 0 aliphatic heterocycles. The van der Waals surface area contributed by atoms with Crippen molar-refractivity contribution in [3.05, 3.63) is 10.5 Å². The monoisotopic (exact) mass is 189 g/mol. The zero-order chi connectivity index (χ0) is 9.14. The van der Waals surface area contributed by atoms with Crippen LogP contribution in [0, 0.1) is 0 Å². The Balaban J connectivity index is 2.64. The van der Waals surface area contributed by atoms with Crippen molar-refractivity contribution >= 4 is 11.8 Å². The first kappa shape index (κ1) is 9.34. The van der Waals surface area contributed by atoms with Gasteiger partial charge in [-0.1, -0.05) is 11.8 Å². The minimum absolute atomic E-state index is 0.233. The minimum atomic E-state index is -0.387. The van der Waals surface area contributed by atoms with Gasteiger partial charge in [-0.05, 0) is 6.92 Å². The molecule has 0 aliphatic rings. The number of aromatic nitrogens is 3. The van der Waals surface area contributed by atoms with Gasteiger partial charge in [-0.15, -0.1) is 5.10 Å². The van der Waals surface area contributed by atoms with E-state index in [-0.39, 0.29) is 11.8 Å². The van der Waals surface area contributed by atoms with Gasteiger partial charge in [-0.2, -0.15) is 0 Å². The molecule has 0 radical (unpaired) electrons. The summed E-state index contributed by atoms with van der Waals surface area (Å²) in [5, 5.41) is 15.6. The van der Waals surface area contributed by atoms with E-state index < -0.39 is 0 Å². The fourth-order valence-corrected chi connectivity index (χ4v) is 1.43. The number of hydrogen-bond acceptors (Lipinski definition) is 4. The molecule has 0 saturated heterocycles. The molecule has 6 heteroatoms. The molecule has 0 saturated carbocycles. The molecule has 0 spiro atoms. The standard InChI is InChI=1S/C6H11N3O2S/c1-4(10)3-12-6-8-7-5(11)9(6)2/h4,10H,3H2,1-2H3,(H,7,11)/t4-/m1/s1. The van der Waals surface area contributed by atoms with E-state index in [1.54, 1.807) is 14.0 Å². The third-order valence-corrected chi connectivity index (χ3v) is 2.56. The van der Waals surface area contributed by atoms with Gasteiger partial charge in [0.05, 0.1) is 6.10 Å². The first-order valence-corrected chi connectivity index (χ1v) is 4.52. The Hall–Kier alpha value is -0.750. The summed E-state index contributed by atoms with van der Waals surface area (Å²) in [5.74, 6) is 0.540. The zero-order valence-corrected chi connectivity index (χ0v) is 7.76. The molecular weight excluding hydrogens is 178 g/mol. The number of aromatic amines is 1. The molecule has 1 heterocycles. The van der Waals surface area contributed by atoms with Gasteiger partial charge >= 0.3 is 5.69 Å². The van der Waals surface area contributed by atoms with E-state index >= 15 is 0 Å². The van der Waals surface area contributed by atoms with Gasteiger partial charge in [0, 0.05) is 12.8 Å². The number of nitrogens with zero attached hydrogens (tertiary/aromatic N) is 2. The number of aliphatic hydroxyl groups is 1. The molecule has 2 N–H and O–H groups in total. The first-order chi connectivity index (χ1) is 5.61. The first-order valence-electron chi connectivity index (χ1n) is 3.53. The van der Waals surface area contributed by atoms with E-state index in [1.165, 1.54) is 16.3 Å². The Kier molecular flexibility index (Phi) is 2.93. The second-order valence-electron chi connectivity index (χ2n) is 2.53. The number of nitrogens with one attached hydrogen (secondary N) is 1. The van der Waals surface area contributed by atoms with Crippen molar-refractivity contribution in [2.45, 2.75) is 18.2 Å². The van der Waals surface area contributed by atoms with Crippen molar-refractivity contribution in [1.29, 1.82) is 0 Å². The molecule has 0 aliphatic carbocycles. The molecule has 0 aromatic carbocycles. The summed E-state index contributed by atoms with van der Waals surface area (Å²) in [6.07, 6.45) is -0.387. The lowest BCUT2D eigenvalue weighted by Crippen LogP contribution is -2.13. The SMILES string of the molecule is C[C@@H](O)CSc1n[nH]c(=O)n1C. The van der Waals surface area contributed by atoms with E-state index in [0.29, 0.717) is 10.9 Å². The van der Waals surface area contributed by atoms with Crippen LogP contribution in [0.5, 0.6) is 0 Å². The predicted molar refractivity (Wildman–Crippen MR) is 46.2 cm³/mol. The molecule has 0 fully saturated rings. The molecule has 1 atom stereocenters. The molecule has 1 aromatic heterocycles. The lowest BCUT2D eigenvalue weighted by molar-refractivity contribution is 0.220. The van der Waals surface area contributed by atoms with Gasteiger partial charge in [0.1, 0.15) is 0 Å². The zero-order valence-electron chi connectivity index (χ0n) is 6.94. The van der Waals surface area contributed by atoms with E-state index in [1.807, 2.05) is 0 Å². The van der Waals surface area contributed by atoms with Crippen LogP contribution in [0.15, 0.2) is 9.95 Å². The van der Waals surface area contributed by atoms with Gasteiger partial charge in [-0.25, -0.2) is 9.89 Å². The Labute approximate surface area is 73.8 Å². The quantitative estimate of drug-likeness (QED) is 0.634. The molecular formula is C6H11N3O2S. The molecule has 68 valence electrons. The number of rotatable bonds is 3. The van der Waals surface area contributed by atoms with Crippen molar-refractivity contribution < 1.29 is 5.11 Å². The largest absolute Gasteiger partial charge is 0.393 e. The second kappa shape index (κ2) is 3.77. The Morgan fingerprint density at radius 2 is 2.50 bits per heavy atom.